The smallest absolute Gasteiger partial charge is 0.549 e. The summed E-state index contributed by atoms with van der Waals surface area (Å²) in [6.45, 7) is -2.37. The Balaban J connectivity index is -0.000000720. The van der Waals surface area contributed by atoms with Gasteiger partial charge in [-0.3, -0.25) is 4.90 Å². The first kappa shape index (κ1) is 20.6. The molecule has 0 saturated carbocycles. The van der Waals surface area contributed by atoms with Gasteiger partial charge in [0.1, 0.15) is 0 Å². The van der Waals surface area contributed by atoms with Crippen LogP contribution in [0.25, 0.3) is 0 Å². The number of carboxylic acid groups (broad SMARTS) is 3. The Bertz CT molecular complexity index is 198. The summed E-state index contributed by atoms with van der Waals surface area (Å²) in [5, 5.41) is 30.0. The maximum absolute atomic E-state index is 9.99. The van der Waals surface area contributed by atoms with Crippen molar-refractivity contribution < 1.29 is 81.1 Å². The molecule has 7 nitrogen and oxygen atoms in total. The molecule has 0 aliphatic carbocycles. The van der Waals surface area contributed by atoms with Gasteiger partial charge in [-0.2, -0.15) is 0 Å². The number of rotatable bonds is 6. The molecule has 0 aliphatic heterocycles. The van der Waals surface area contributed by atoms with Gasteiger partial charge in [0.15, 0.2) is 0 Å². The Morgan fingerprint density at radius 3 is 1.13 bits per heavy atom. The summed E-state index contributed by atoms with van der Waals surface area (Å²) in [6.07, 6.45) is 0. The number of aliphatic carboxylic acids is 3. The fourth-order valence-corrected chi connectivity index (χ4v) is 0.715. The fourth-order valence-electron chi connectivity index (χ4n) is 0.715. The van der Waals surface area contributed by atoms with Crippen LogP contribution in [-0.2, 0) is 14.4 Å². The molecule has 0 bridgehead atoms. The van der Waals surface area contributed by atoms with E-state index in [9.17, 15) is 29.7 Å². The normalized spacial score (nSPS) is 8.60. The SMILES string of the molecule is O=C([O-])CN(CC(=O)[O-])CC(=O)[O-].[Be+2].[K+]. The van der Waals surface area contributed by atoms with Crippen molar-refractivity contribution in [3.05, 3.63) is 0 Å². The minimum Gasteiger partial charge on any atom is -0.549 e. The van der Waals surface area contributed by atoms with Gasteiger partial charge in [-0.1, -0.05) is 0 Å². The summed E-state index contributed by atoms with van der Waals surface area (Å²) < 4.78 is 0. The Kier molecular flexibility index (Phi) is 14.7. The summed E-state index contributed by atoms with van der Waals surface area (Å²) in [5.41, 5.74) is 0. The van der Waals surface area contributed by atoms with Crippen LogP contribution in [0.2, 0.25) is 0 Å². The van der Waals surface area contributed by atoms with Crippen LogP contribution in [-0.4, -0.2) is 52.6 Å². The molecule has 0 radical (unpaired) electrons. The van der Waals surface area contributed by atoms with E-state index in [0.717, 1.165) is 0 Å². The molecule has 74 valence electrons. The molecule has 0 unspecified atom stereocenters. The first-order chi connectivity index (χ1) is 5.91. The van der Waals surface area contributed by atoms with E-state index in [0.29, 0.717) is 4.90 Å². The Hall–Kier alpha value is 0.175. The predicted molar refractivity (Wildman–Crippen MR) is 37.2 cm³/mol. The summed E-state index contributed by atoms with van der Waals surface area (Å²) in [4.78, 5) is 30.6. The molecule has 0 spiro atoms. The van der Waals surface area contributed by atoms with Gasteiger partial charge < -0.3 is 29.7 Å². The zero-order valence-electron chi connectivity index (χ0n) is 8.23. The summed E-state index contributed by atoms with van der Waals surface area (Å²) in [5.74, 6) is -4.70. The van der Waals surface area contributed by atoms with Gasteiger partial charge in [-0.05, 0) is 0 Å². The monoisotopic (exact) mass is 236 g/mol. The van der Waals surface area contributed by atoms with Gasteiger partial charge in [0.25, 0.3) is 0 Å². The molecule has 9 heteroatoms. The van der Waals surface area contributed by atoms with Crippen molar-refractivity contribution in [2.24, 2.45) is 0 Å². The molecule has 0 N–H and O–H groups in total. The van der Waals surface area contributed by atoms with Crippen LogP contribution < -0.4 is 66.7 Å². The fraction of sp³-hybridized carbons (Fsp3) is 0.500. The van der Waals surface area contributed by atoms with Crippen molar-refractivity contribution in [3.63, 3.8) is 0 Å². The third kappa shape index (κ3) is 14.2. The average Bonchev–Trinajstić information content (AvgIpc) is 1.80. The van der Waals surface area contributed by atoms with Crippen LogP contribution in [0.5, 0.6) is 0 Å². The summed E-state index contributed by atoms with van der Waals surface area (Å²) in [7, 11) is 0. The van der Waals surface area contributed by atoms with Crippen LogP contribution in [0.4, 0.5) is 0 Å². The third-order valence-electron chi connectivity index (χ3n) is 1.06. The number of carbonyl (C=O) groups excluding carboxylic acids is 3. The second-order valence-corrected chi connectivity index (χ2v) is 2.26. The molecule has 0 aromatic carbocycles. The molecule has 0 aromatic heterocycles. The minimum atomic E-state index is -1.57. The van der Waals surface area contributed by atoms with E-state index in [1.54, 1.807) is 0 Å². The average molecular weight is 236 g/mol. The maximum Gasteiger partial charge on any atom is 2.00 e. The Labute approximate surface area is 132 Å². The van der Waals surface area contributed by atoms with Crippen molar-refractivity contribution in [1.82, 2.24) is 4.90 Å². The number of hydrogen-bond donors (Lipinski definition) is 0. The predicted octanol–water partition coefficient (Wildman–Crippen LogP) is -8.84. The van der Waals surface area contributed by atoms with E-state index in [-0.39, 0.29) is 61.5 Å². The van der Waals surface area contributed by atoms with Crippen LogP contribution in [0.1, 0.15) is 0 Å². The largest absolute Gasteiger partial charge is 2.00 e. The number of carbonyl (C=O) groups is 3. The van der Waals surface area contributed by atoms with Crippen LogP contribution >= 0.6 is 0 Å². The molecular formula is C6H6BeKNO6. The van der Waals surface area contributed by atoms with Crippen LogP contribution in [0, 0.1) is 0 Å². The standard InChI is InChI=1S/C6H9NO6.Be.K/c8-4(9)1-7(2-5(10)11)3-6(12)13;;/h1-3H2,(H,8,9)(H,10,11)(H,12,13);;/q;+2;+1/p-3. The van der Waals surface area contributed by atoms with Gasteiger partial charge in [0.2, 0.25) is 0 Å². The Morgan fingerprint density at radius 2 is 1.00 bits per heavy atom. The topological polar surface area (TPSA) is 124 Å². The van der Waals surface area contributed by atoms with Gasteiger partial charge >= 0.3 is 61.5 Å². The quantitative estimate of drug-likeness (QED) is 0.419. The van der Waals surface area contributed by atoms with Crippen molar-refractivity contribution in [1.29, 1.82) is 0 Å². The van der Waals surface area contributed by atoms with Gasteiger partial charge in [-0.25, -0.2) is 0 Å². The van der Waals surface area contributed by atoms with Gasteiger partial charge in [0, 0.05) is 19.6 Å². The van der Waals surface area contributed by atoms with Gasteiger partial charge in [0.05, 0.1) is 17.9 Å². The number of carboxylic acids is 3. The summed E-state index contributed by atoms with van der Waals surface area (Å²) >= 11 is 0. The Morgan fingerprint density at radius 1 is 0.800 bits per heavy atom. The molecule has 0 aliphatic rings. The number of hydrogen-bond acceptors (Lipinski definition) is 7. The maximum atomic E-state index is 9.99. The van der Waals surface area contributed by atoms with Crippen molar-refractivity contribution >= 4 is 28.0 Å². The zero-order chi connectivity index (χ0) is 10.4. The van der Waals surface area contributed by atoms with Gasteiger partial charge in [-0.15, -0.1) is 0 Å². The molecule has 0 aromatic rings. The molecule has 0 heterocycles. The molecular weight excluding hydrogens is 230 g/mol. The van der Waals surface area contributed by atoms with Crippen molar-refractivity contribution in [2.45, 2.75) is 0 Å². The number of nitrogens with zero attached hydrogens (tertiary/aromatic N) is 1. The second-order valence-electron chi connectivity index (χ2n) is 2.26. The molecule has 0 atom stereocenters. The molecule has 0 rings (SSSR count). The first-order valence-electron chi connectivity index (χ1n) is 3.23. The first-order valence-corrected chi connectivity index (χ1v) is 3.23. The second kappa shape index (κ2) is 10.7. The van der Waals surface area contributed by atoms with Crippen molar-refractivity contribution in [3.8, 4) is 0 Å². The third-order valence-corrected chi connectivity index (χ3v) is 1.06. The van der Waals surface area contributed by atoms with Crippen molar-refractivity contribution in [2.75, 3.05) is 19.6 Å². The molecule has 0 amide bonds. The van der Waals surface area contributed by atoms with E-state index in [2.05, 4.69) is 0 Å². The van der Waals surface area contributed by atoms with E-state index < -0.39 is 37.5 Å². The molecule has 0 saturated heterocycles. The van der Waals surface area contributed by atoms with E-state index >= 15 is 0 Å². The van der Waals surface area contributed by atoms with E-state index in [1.165, 1.54) is 0 Å². The summed E-state index contributed by atoms with van der Waals surface area (Å²) in [6, 6.07) is 0. The van der Waals surface area contributed by atoms with E-state index in [4.69, 9.17) is 0 Å². The zero-order valence-corrected chi connectivity index (χ0v) is 11.3. The minimum absolute atomic E-state index is 0. The molecule has 0 fully saturated rings. The van der Waals surface area contributed by atoms with E-state index in [1.807, 2.05) is 0 Å². The van der Waals surface area contributed by atoms with Crippen LogP contribution in [0.15, 0.2) is 0 Å². The van der Waals surface area contributed by atoms with Crippen LogP contribution in [0.3, 0.4) is 0 Å². The molecule has 15 heavy (non-hydrogen) atoms.